The summed E-state index contributed by atoms with van der Waals surface area (Å²) in [5, 5.41) is 10.2. The molecule has 1 aromatic heterocycles. The number of fused-ring (bicyclic) bond motifs is 4. The van der Waals surface area contributed by atoms with Gasteiger partial charge in [-0.05, 0) is 69.6 Å². The lowest BCUT2D eigenvalue weighted by molar-refractivity contribution is -0.127. The van der Waals surface area contributed by atoms with Crippen molar-refractivity contribution in [2.45, 2.75) is 77.3 Å². The zero-order valence-corrected chi connectivity index (χ0v) is 19.1. The Bertz CT molecular complexity index is 884. The Morgan fingerprint density at radius 3 is 2.61 bits per heavy atom. The number of hydrogen-bond donors (Lipinski definition) is 4. The second-order valence-corrected chi connectivity index (χ2v) is 9.53. The molecule has 2 heterocycles. The number of anilines is 2. The number of H-pyrrole nitrogens is 1. The van der Waals surface area contributed by atoms with E-state index in [0.717, 1.165) is 85.7 Å². The first kappa shape index (κ1) is 21.7. The van der Waals surface area contributed by atoms with Crippen molar-refractivity contribution in [1.82, 2.24) is 15.3 Å². The number of aromatic nitrogens is 2. The molecule has 0 saturated heterocycles. The predicted molar refractivity (Wildman–Crippen MR) is 127 cm³/mol. The Hall–Kier alpha value is -2.50. The van der Waals surface area contributed by atoms with E-state index in [9.17, 15) is 4.79 Å². The van der Waals surface area contributed by atoms with Crippen LogP contribution in [0.4, 0.5) is 11.4 Å². The fourth-order valence-corrected chi connectivity index (χ4v) is 4.92. The van der Waals surface area contributed by atoms with Crippen LogP contribution in [0.15, 0.2) is 24.4 Å². The summed E-state index contributed by atoms with van der Waals surface area (Å²) in [6.45, 7) is 4.53. The number of carbonyl (C=O) groups is 1. The summed E-state index contributed by atoms with van der Waals surface area (Å²) in [4.78, 5) is 21.3. The molecule has 2 aromatic rings. The average molecular weight is 424 g/mol. The average Bonchev–Trinajstić information content (AvgIpc) is 3.25. The third-order valence-corrected chi connectivity index (χ3v) is 7.00. The number of carbonyl (C=O) groups excluding carboxylic acids is 1. The number of hydrogen-bond acceptors (Lipinski definition) is 4. The second-order valence-electron chi connectivity index (χ2n) is 9.53. The van der Waals surface area contributed by atoms with Crippen LogP contribution in [0.1, 0.15) is 77.1 Å². The summed E-state index contributed by atoms with van der Waals surface area (Å²) in [6.07, 6.45) is 10.5. The number of rotatable bonds is 3. The largest absolute Gasteiger partial charge is 0.388 e. The van der Waals surface area contributed by atoms with Crippen molar-refractivity contribution in [1.29, 1.82) is 0 Å². The lowest BCUT2D eigenvalue weighted by atomic mass is 9.82. The second kappa shape index (κ2) is 9.75. The fourth-order valence-electron chi connectivity index (χ4n) is 4.92. The molecule has 1 fully saturated rings. The first-order valence-corrected chi connectivity index (χ1v) is 12.0. The molecule has 4 N–H and O–H groups in total. The minimum atomic E-state index is -0.0525. The van der Waals surface area contributed by atoms with Crippen molar-refractivity contribution in [3.63, 3.8) is 0 Å². The van der Waals surface area contributed by atoms with E-state index in [0.29, 0.717) is 6.04 Å². The summed E-state index contributed by atoms with van der Waals surface area (Å²) in [6, 6.07) is 6.66. The van der Waals surface area contributed by atoms with E-state index in [1.54, 1.807) is 0 Å². The van der Waals surface area contributed by atoms with E-state index >= 15 is 0 Å². The topological polar surface area (TPSA) is 81.8 Å². The van der Waals surface area contributed by atoms with E-state index < -0.39 is 0 Å². The van der Waals surface area contributed by atoms with Crippen molar-refractivity contribution in [3.8, 4) is 11.3 Å². The van der Waals surface area contributed by atoms with Crippen LogP contribution < -0.4 is 16.0 Å². The predicted octanol–water partition coefficient (Wildman–Crippen LogP) is 5.48. The Morgan fingerprint density at radius 1 is 1.06 bits per heavy atom. The number of nitrogens with zero attached hydrogens (tertiary/aromatic N) is 1. The zero-order valence-electron chi connectivity index (χ0n) is 19.1. The quantitative estimate of drug-likeness (QED) is 0.527. The molecule has 2 aliphatic rings. The highest BCUT2D eigenvalue weighted by Crippen LogP contribution is 2.33. The van der Waals surface area contributed by atoms with Gasteiger partial charge in [-0.3, -0.25) is 4.79 Å². The van der Waals surface area contributed by atoms with E-state index in [-0.39, 0.29) is 17.9 Å². The third-order valence-electron chi connectivity index (χ3n) is 7.00. The third kappa shape index (κ3) is 5.23. The maximum absolute atomic E-state index is 13.0. The summed E-state index contributed by atoms with van der Waals surface area (Å²) in [5.41, 5.74) is 4.17. The molecule has 2 bridgehead atoms. The van der Waals surface area contributed by atoms with E-state index in [1.165, 1.54) is 0 Å². The Balaban J connectivity index is 1.58. The smallest absolute Gasteiger partial charge is 0.223 e. The van der Waals surface area contributed by atoms with Gasteiger partial charge in [-0.2, -0.15) is 0 Å². The van der Waals surface area contributed by atoms with Gasteiger partial charge in [0.05, 0.1) is 11.7 Å². The van der Waals surface area contributed by atoms with Crippen LogP contribution in [0.25, 0.3) is 11.3 Å². The van der Waals surface area contributed by atoms with Crippen molar-refractivity contribution >= 4 is 17.3 Å². The molecule has 0 unspecified atom stereocenters. The standard InChI is InChI=1S/C25H37N5O/c1-16-8-10-18(11-9-16)25(31)30-21-7-5-4-6-17(2)28-22-14-19(26-3)12-13-20(22)23-15-27-24(21)29-23/h12-18,21,26,28H,4-11H2,1-3H3,(H,27,29)(H,30,31)/t16-,17-,18-,21-/m0/s1. The van der Waals surface area contributed by atoms with Crippen LogP contribution in [0.2, 0.25) is 0 Å². The first-order chi connectivity index (χ1) is 15.0. The molecule has 6 heteroatoms. The molecule has 0 radical (unpaired) electrons. The molecule has 1 saturated carbocycles. The molecule has 0 spiro atoms. The van der Waals surface area contributed by atoms with E-state index in [4.69, 9.17) is 4.98 Å². The highest BCUT2D eigenvalue weighted by atomic mass is 16.1. The molecule has 1 amide bonds. The van der Waals surface area contributed by atoms with Crippen LogP contribution in [0.5, 0.6) is 0 Å². The van der Waals surface area contributed by atoms with Crippen molar-refractivity contribution in [2.75, 3.05) is 17.7 Å². The molecular formula is C25H37N5O. The summed E-state index contributed by atoms with van der Waals surface area (Å²) in [5.74, 6) is 1.97. The lowest BCUT2D eigenvalue weighted by Crippen LogP contribution is -2.36. The molecular weight excluding hydrogens is 386 g/mol. The summed E-state index contributed by atoms with van der Waals surface area (Å²) in [7, 11) is 1.94. The van der Waals surface area contributed by atoms with Crippen LogP contribution >= 0.6 is 0 Å². The molecule has 1 aromatic carbocycles. The summed E-state index contributed by atoms with van der Waals surface area (Å²) >= 11 is 0. The highest BCUT2D eigenvalue weighted by Gasteiger charge is 2.27. The molecule has 1 aliphatic carbocycles. The van der Waals surface area contributed by atoms with Crippen molar-refractivity contribution < 1.29 is 4.79 Å². The van der Waals surface area contributed by atoms with Crippen molar-refractivity contribution in [2.24, 2.45) is 11.8 Å². The minimum absolute atomic E-state index is 0.0525. The molecule has 6 nitrogen and oxygen atoms in total. The van der Waals surface area contributed by atoms with Gasteiger partial charge in [0.1, 0.15) is 5.82 Å². The van der Waals surface area contributed by atoms with Gasteiger partial charge >= 0.3 is 0 Å². The highest BCUT2D eigenvalue weighted by molar-refractivity contribution is 5.80. The maximum atomic E-state index is 13.0. The van der Waals surface area contributed by atoms with Gasteiger partial charge in [-0.1, -0.05) is 19.8 Å². The van der Waals surface area contributed by atoms with Gasteiger partial charge in [-0.15, -0.1) is 0 Å². The fraction of sp³-hybridized carbons (Fsp3) is 0.600. The lowest BCUT2D eigenvalue weighted by Gasteiger charge is -2.27. The van der Waals surface area contributed by atoms with Crippen LogP contribution in [-0.2, 0) is 4.79 Å². The van der Waals surface area contributed by atoms with Gasteiger partial charge in [-0.25, -0.2) is 4.98 Å². The number of benzene rings is 1. The monoisotopic (exact) mass is 423 g/mol. The SMILES string of the molecule is CNc1ccc2c(c1)N[C@@H](C)CCCC[C@H](NC(=O)[C@H]1CC[C@H](C)CC1)c1nc-2c[nH]1. The molecule has 4 rings (SSSR count). The zero-order chi connectivity index (χ0) is 21.8. The molecule has 2 atom stereocenters. The van der Waals surface area contributed by atoms with Gasteiger partial charge in [0, 0.05) is 42.1 Å². The minimum Gasteiger partial charge on any atom is -0.388 e. The molecule has 1 aliphatic heterocycles. The maximum Gasteiger partial charge on any atom is 0.223 e. The summed E-state index contributed by atoms with van der Waals surface area (Å²) < 4.78 is 0. The number of aromatic amines is 1. The number of imidazole rings is 1. The van der Waals surface area contributed by atoms with Gasteiger partial charge in [0.2, 0.25) is 5.91 Å². The van der Waals surface area contributed by atoms with E-state index in [2.05, 4.69) is 53.0 Å². The molecule has 31 heavy (non-hydrogen) atoms. The van der Waals surface area contributed by atoms with Gasteiger partial charge in [0.15, 0.2) is 0 Å². The normalized spacial score (nSPS) is 26.5. The Labute approximate surface area is 186 Å². The van der Waals surface area contributed by atoms with Crippen LogP contribution in [0, 0.1) is 11.8 Å². The Morgan fingerprint density at radius 2 is 1.84 bits per heavy atom. The molecule has 168 valence electrons. The van der Waals surface area contributed by atoms with Gasteiger partial charge < -0.3 is 20.9 Å². The number of nitrogens with one attached hydrogen (secondary N) is 4. The van der Waals surface area contributed by atoms with Gasteiger partial charge in [0.25, 0.3) is 0 Å². The van der Waals surface area contributed by atoms with Crippen LogP contribution in [0.3, 0.4) is 0 Å². The first-order valence-electron chi connectivity index (χ1n) is 12.0. The van der Waals surface area contributed by atoms with E-state index in [1.807, 2.05) is 13.2 Å². The van der Waals surface area contributed by atoms with Crippen molar-refractivity contribution in [3.05, 3.63) is 30.2 Å². The van der Waals surface area contributed by atoms with Crippen LogP contribution in [-0.4, -0.2) is 29.0 Å². The number of amides is 1. The Kier molecular flexibility index (Phi) is 6.83.